The van der Waals surface area contributed by atoms with Crippen molar-refractivity contribution in [1.82, 2.24) is 15.1 Å². The largest absolute Gasteiger partial charge is 0.375 e. The van der Waals surface area contributed by atoms with E-state index in [9.17, 15) is 4.79 Å². The quantitative estimate of drug-likeness (QED) is 0.876. The van der Waals surface area contributed by atoms with Crippen LogP contribution < -0.4 is 5.32 Å². The van der Waals surface area contributed by atoms with E-state index in [0.29, 0.717) is 12.2 Å². The van der Waals surface area contributed by atoms with Gasteiger partial charge in [0, 0.05) is 38.3 Å². The molecule has 2 aliphatic heterocycles. The van der Waals surface area contributed by atoms with Crippen molar-refractivity contribution < 1.29 is 9.53 Å². The summed E-state index contributed by atoms with van der Waals surface area (Å²) >= 11 is 0. The molecule has 3 rings (SSSR count). The van der Waals surface area contributed by atoms with Crippen molar-refractivity contribution >= 4 is 6.03 Å². The van der Waals surface area contributed by atoms with Crippen LogP contribution in [0.15, 0.2) is 30.3 Å². The molecule has 1 aromatic rings. The van der Waals surface area contributed by atoms with Gasteiger partial charge in [-0.2, -0.15) is 0 Å². The molecule has 5 heteroatoms. The second-order valence-corrected chi connectivity index (χ2v) is 8.96. The van der Waals surface area contributed by atoms with Crippen molar-refractivity contribution in [2.75, 3.05) is 26.2 Å². The molecule has 0 unspecified atom stereocenters. The molecule has 2 aliphatic rings. The smallest absolute Gasteiger partial charge is 0.317 e. The molecule has 0 aromatic heterocycles. The molecule has 1 N–H and O–H groups in total. The van der Waals surface area contributed by atoms with Gasteiger partial charge < -0.3 is 15.0 Å². The minimum atomic E-state index is -0.182. The SMILES string of the molecule is CC(C)(C)NC(=O)N1CCC(OC2CCN(Cc3ccccc3)CC2)CC1. The number of ether oxygens (including phenoxy) is 1. The average molecular weight is 374 g/mol. The maximum Gasteiger partial charge on any atom is 0.317 e. The van der Waals surface area contributed by atoms with Gasteiger partial charge in [-0.3, -0.25) is 4.90 Å². The monoisotopic (exact) mass is 373 g/mol. The molecule has 0 aliphatic carbocycles. The van der Waals surface area contributed by atoms with E-state index in [1.54, 1.807) is 0 Å². The molecule has 150 valence electrons. The number of carbonyl (C=O) groups excluding carboxylic acids is 1. The Bertz CT molecular complexity index is 583. The fourth-order valence-corrected chi connectivity index (χ4v) is 3.91. The van der Waals surface area contributed by atoms with E-state index in [-0.39, 0.29) is 11.6 Å². The number of carbonyl (C=O) groups is 1. The van der Waals surface area contributed by atoms with Crippen molar-refractivity contribution in [2.24, 2.45) is 0 Å². The summed E-state index contributed by atoms with van der Waals surface area (Å²) in [6.45, 7) is 10.9. The Morgan fingerprint density at radius 2 is 1.56 bits per heavy atom. The van der Waals surface area contributed by atoms with Crippen molar-refractivity contribution in [3.63, 3.8) is 0 Å². The van der Waals surface area contributed by atoms with Gasteiger partial charge in [-0.25, -0.2) is 4.79 Å². The van der Waals surface area contributed by atoms with Gasteiger partial charge in [0.1, 0.15) is 0 Å². The van der Waals surface area contributed by atoms with Crippen LogP contribution in [0.25, 0.3) is 0 Å². The summed E-state index contributed by atoms with van der Waals surface area (Å²) in [4.78, 5) is 16.7. The Morgan fingerprint density at radius 1 is 1.00 bits per heavy atom. The first-order chi connectivity index (χ1) is 12.9. The van der Waals surface area contributed by atoms with E-state index in [1.165, 1.54) is 5.56 Å². The zero-order chi connectivity index (χ0) is 19.3. The number of urea groups is 1. The van der Waals surface area contributed by atoms with Gasteiger partial charge in [0.05, 0.1) is 12.2 Å². The summed E-state index contributed by atoms with van der Waals surface area (Å²) in [7, 11) is 0. The van der Waals surface area contributed by atoms with Gasteiger partial charge >= 0.3 is 6.03 Å². The fourth-order valence-electron chi connectivity index (χ4n) is 3.91. The van der Waals surface area contributed by atoms with Gasteiger partial charge in [0.2, 0.25) is 0 Å². The van der Waals surface area contributed by atoms with Crippen LogP contribution in [0.5, 0.6) is 0 Å². The Kier molecular flexibility index (Phi) is 6.77. The van der Waals surface area contributed by atoms with Crippen LogP contribution in [0.4, 0.5) is 4.79 Å². The van der Waals surface area contributed by atoms with Crippen molar-refractivity contribution in [3.8, 4) is 0 Å². The van der Waals surface area contributed by atoms with Crippen LogP contribution >= 0.6 is 0 Å². The lowest BCUT2D eigenvalue weighted by atomic mass is 10.0. The molecule has 5 nitrogen and oxygen atoms in total. The predicted molar refractivity (Wildman–Crippen MR) is 109 cm³/mol. The highest BCUT2D eigenvalue weighted by molar-refractivity contribution is 5.75. The number of benzene rings is 1. The molecule has 2 fully saturated rings. The minimum Gasteiger partial charge on any atom is -0.375 e. The average Bonchev–Trinajstić information content (AvgIpc) is 2.63. The summed E-state index contributed by atoms with van der Waals surface area (Å²) in [5, 5.41) is 3.05. The molecule has 1 aromatic carbocycles. The standard InChI is InChI=1S/C22H35N3O2/c1-22(2,3)23-21(26)25-15-11-20(12-16-25)27-19-9-13-24(14-10-19)17-18-7-5-4-6-8-18/h4-8,19-20H,9-17H2,1-3H3,(H,23,26). The predicted octanol–water partition coefficient (Wildman–Crippen LogP) is 3.64. The molecule has 0 radical (unpaired) electrons. The third-order valence-corrected chi connectivity index (χ3v) is 5.38. The van der Waals surface area contributed by atoms with E-state index in [1.807, 2.05) is 25.7 Å². The van der Waals surface area contributed by atoms with E-state index < -0.39 is 0 Å². The van der Waals surface area contributed by atoms with E-state index in [0.717, 1.165) is 58.4 Å². The second-order valence-electron chi connectivity index (χ2n) is 8.96. The summed E-state index contributed by atoms with van der Waals surface area (Å²) in [6.07, 6.45) is 4.78. The summed E-state index contributed by atoms with van der Waals surface area (Å²) < 4.78 is 6.37. The van der Waals surface area contributed by atoms with Gasteiger partial charge in [-0.1, -0.05) is 30.3 Å². The number of amides is 2. The van der Waals surface area contributed by atoms with Crippen molar-refractivity contribution in [2.45, 2.75) is 70.7 Å². The van der Waals surface area contributed by atoms with Gasteiger partial charge in [0.25, 0.3) is 0 Å². The molecule has 0 bridgehead atoms. The molecule has 0 saturated carbocycles. The summed E-state index contributed by atoms with van der Waals surface area (Å²) in [5.41, 5.74) is 1.20. The highest BCUT2D eigenvalue weighted by Crippen LogP contribution is 2.22. The number of hydrogen-bond acceptors (Lipinski definition) is 3. The zero-order valence-corrected chi connectivity index (χ0v) is 17.1. The van der Waals surface area contributed by atoms with Crippen LogP contribution in [0.1, 0.15) is 52.0 Å². The molecule has 0 spiro atoms. The first-order valence-corrected chi connectivity index (χ1v) is 10.4. The van der Waals surface area contributed by atoms with E-state index >= 15 is 0 Å². The summed E-state index contributed by atoms with van der Waals surface area (Å²) in [5.74, 6) is 0. The Morgan fingerprint density at radius 3 is 2.11 bits per heavy atom. The van der Waals surface area contributed by atoms with Crippen LogP contribution in [0, 0.1) is 0 Å². The molecule has 0 atom stereocenters. The van der Waals surface area contributed by atoms with Crippen LogP contribution in [0.2, 0.25) is 0 Å². The van der Waals surface area contributed by atoms with Crippen LogP contribution in [0.3, 0.4) is 0 Å². The van der Waals surface area contributed by atoms with Crippen molar-refractivity contribution in [1.29, 1.82) is 0 Å². The molecule has 2 heterocycles. The lowest BCUT2D eigenvalue weighted by Gasteiger charge is -2.37. The highest BCUT2D eigenvalue weighted by Gasteiger charge is 2.28. The zero-order valence-electron chi connectivity index (χ0n) is 17.1. The maximum absolute atomic E-state index is 12.3. The van der Waals surface area contributed by atoms with E-state index in [2.05, 4.69) is 40.5 Å². The maximum atomic E-state index is 12.3. The third kappa shape index (κ3) is 6.51. The van der Waals surface area contributed by atoms with Gasteiger partial charge in [-0.05, 0) is 52.0 Å². The first kappa shape index (κ1) is 20.2. The van der Waals surface area contributed by atoms with Crippen molar-refractivity contribution in [3.05, 3.63) is 35.9 Å². The Balaban J connectivity index is 1.35. The topological polar surface area (TPSA) is 44.8 Å². The molecular formula is C22H35N3O2. The summed E-state index contributed by atoms with van der Waals surface area (Å²) in [6, 6.07) is 10.7. The van der Waals surface area contributed by atoms with Gasteiger partial charge in [0.15, 0.2) is 0 Å². The Labute approximate surface area is 164 Å². The molecular weight excluding hydrogens is 338 g/mol. The number of nitrogens with one attached hydrogen (secondary N) is 1. The van der Waals surface area contributed by atoms with Gasteiger partial charge in [-0.15, -0.1) is 0 Å². The van der Waals surface area contributed by atoms with E-state index in [4.69, 9.17) is 4.74 Å². The highest BCUT2D eigenvalue weighted by atomic mass is 16.5. The molecule has 2 saturated heterocycles. The Hall–Kier alpha value is -1.59. The fraction of sp³-hybridized carbons (Fsp3) is 0.682. The third-order valence-electron chi connectivity index (χ3n) is 5.38. The number of nitrogens with zero attached hydrogens (tertiary/aromatic N) is 2. The first-order valence-electron chi connectivity index (χ1n) is 10.4. The lowest BCUT2D eigenvalue weighted by molar-refractivity contribution is -0.0620. The molecule has 2 amide bonds. The number of rotatable bonds is 4. The minimum absolute atomic E-state index is 0.0511. The number of likely N-dealkylation sites (tertiary alicyclic amines) is 2. The second kappa shape index (κ2) is 9.07. The lowest BCUT2D eigenvalue weighted by Crippen LogP contribution is -2.51. The van der Waals surface area contributed by atoms with Crippen LogP contribution in [-0.2, 0) is 11.3 Å². The van der Waals surface area contributed by atoms with Crippen LogP contribution in [-0.4, -0.2) is 59.8 Å². The molecule has 27 heavy (non-hydrogen) atoms. The number of hydrogen-bond donors (Lipinski definition) is 1. The number of piperidine rings is 2. The normalized spacial score (nSPS) is 20.6.